The zero-order valence-corrected chi connectivity index (χ0v) is 24.4. The van der Waals surface area contributed by atoms with E-state index in [4.69, 9.17) is 0 Å². The summed E-state index contributed by atoms with van der Waals surface area (Å²) in [6, 6.07) is 28.5. The summed E-state index contributed by atoms with van der Waals surface area (Å²) in [6.45, 7) is 23.3. The molecule has 0 aliphatic rings. The van der Waals surface area contributed by atoms with Gasteiger partial charge >= 0.3 is 0 Å². The van der Waals surface area contributed by atoms with Gasteiger partial charge in [0.1, 0.15) is 0 Å². The van der Waals surface area contributed by atoms with Gasteiger partial charge in [-0.25, -0.2) is 0 Å². The van der Waals surface area contributed by atoms with Crippen molar-refractivity contribution in [1.82, 2.24) is 0 Å². The lowest BCUT2D eigenvalue weighted by Crippen LogP contribution is -2.26. The first kappa shape index (κ1) is 27.8. The van der Waals surface area contributed by atoms with E-state index in [0.717, 1.165) is 29.9 Å². The highest BCUT2D eigenvalue weighted by molar-refractivity contribution is 5.68. The third-order valence-corrected chi connectivity index (χ3v) is 6.77. The molecule has 0 aliphatic carbocycles. The van der Waals surface area contributed by atoms with Gasteiger partial charge in [0.25, 0.3) is 0 Å². The van der Waals surface area contributed by atoms with E-state index >= 15 is 0 Å². The lowest BCUT2D eigenvalue weighted by molar-refractivity contribution is 0.283. The number of para-hydroxylation sites is 1. The van der Waals surface area contributed by atoms with Crippen molar-refractivity contribution < 1.29 is 0 Å². The van der Waals surface area contributed by atoms with Crippen LogP contribution in [0.2, 0.25) is 0 Å². The minimum Gasteiger partial charge on any atom is -0.294 e. The van der Waals surface area contributed by atoms with Crippen LogP contribution in [-0.2, 0) is 10.8 Å². The van der Waals surface area contributed by atoms with Gasteiger partial charge in [0.15, 0.2) is 0 Å². The first-order chi connectivity index (χ1) is 16.6. The summed E-state index contributed by atoms with van der Waals surface area (Å²) in [5.41, 5.74) is 10.5. The van der Waals surface area contributed by atoms with Crippen LogP contribution >= 0.6 is 0 Å². The number of hydrogen-bond donors (Lipinski definition) is 1. The molecule has 3 aromatic rings. The van der Waals surface area contributed by atoms with E-state index in [1.165, 1.54) is 11.1 Å². The molecule has 36 heavy (non-hydrogen) atoms. The molecule has 0 aliphatic heterocycles. The molecule has 0 spiro atoms. The monoisotopic (exact) mass is 484 g/mol. The maximum atomic E-state index is 3.67. The van der Waals surface area contributed by atoms with Crippen molar-refractivity contribution in [1.29, 1.82) is 0 Å². The fourth-order valence-corrected chi connectivity index (χ4v) is 5.90. The highest BCUT2D eigenvalue weighted by Gasteiger charge is 2.28. The predicted molar refractivity (Wildman–Crippen MR) is 159 cm³/mol. The van der Waals surface area contributed by atoms with Gasteiger partial charge in [-0.1, -0.05) is 112 Å². The lowest BCUT2D eigenvalue weighted by Gasteiger charge is -2.34. The molecule has 0 radical (unpaired) electrons. The Morgan fingerprint density at radius 1 is 0.500 bits per heavy atom. The summed E-state index contributed by atoms with van der Waals surface area (Å²) in [7, 11) is 0. The molecule has 2 nitrogen and oxygen atoms in total. The molecule has 0 bridgehead atoms. The van der Waals surface area contributed by atoms with Crippen molar-refractivity contribution in [2.75, 3.05) is 10.4 Å². The topological polar surface area (TPSA) is 15.3 Å². The zero-order valence-electron chi connectivity index (χ0n) is 24.4. The second-order valence-corrected chi connectivity index (χ2v) is 14.1. The van der Waals surface area contributed by atoms with E-state index < -0.39 is 0 Å². The van der Waals surface area contributed by atoms with Crippen molar-refractivity contribution in [2.24, 2.45) is 10.8 Å². The molecule has 3 rings (SSSR count). The number of hydrazine groups is 1. The van der Waals surface area contributed by atoms with Crippen LogP contribution in [0.1, 0.15) is 93.2 Å². The maximum absolute atomic E-state index is 3.67. The van der Waals surface area contributed by atoms with Crippen molar-refractivity contribution in [3.05, 3.63) is 90.0 Å². The van der Waals surface area contributed by atoms with Crippen LogP contribution in [0, 0.1) is 10.8 Å². The first-order valence-corrected chi connectivity index (χ1v) is 13.4. The summed E-state index contributed by atoms with van der Waals surface area (Å²) in [5, 5.41) is 2.18. The molecule has 0 fully saturated rings. The summed E-state index contributed by atoms with van der Waals surface area (Å²) in [4.78, 5) is 0. The van der Waals surface area contributed by atoms with Gasteiger partial charge < -0.3 is 0 Å². The molecule has 0 heterocycles. The van der Waals surface area contributed by atoms with E-state index in [0.29, 0.717) is 0 Å². The Hall–Kier alpha value is -2.74. The Balaban J connectivity index is 1.88. The molecule has 194 valence electrons. The van der Waals surface area contributed by atoms with Crippen molar-refractivity contribution >= 4 is 17.1 Å². The third kappa shape index (κ3) is 7.63. The number of benzene rings is 3. The Kier molecular flexibility index (Phi) is 7.98. The highest BCUT2D eigenvalue weighted by Crippen LogP contribution is 2.38. The van der Waals surface area contributed by atoms with Gasteiger partial charge in [0, 0.05) is 0 Å². The van der Waals surface area contributed by atoms with Crippen LogP contribution in [0.4, 0.5) is 17.1 Å². The summed E-state index contributed by atoms with van der Waals surface area (Å²) in [6.07, 6.45) is 2.28. The quantitative estimate of drug-likeness (QED) is 0.320. The fraction of sp³-hybridized carbons (Fsp3) is 0.471. The number of nitrogens with one attached hydrogen (secondary N) is 1. The minimum atomic E-state index is 0.122. The minimum absolute atomic E-state index is 0.122. The Morgan fingerprint density at radius 2 is 0.889 bits per heavy atom. The standard InChI is InChI=1S/C34H48N2/c1-31(2,3)24-33(7,8)26-16-20-28(21-17-26)35-36(29-14-12-11-13-15-29)30-22-18-27(19-23-30)34(9,10)25-32(4,5)6/h11-23,35H,24-25H2,1-10H3. The number of nitrogens with zero attached hydrogens (tertiary/aromatic N) is 1. The molecule has 0 amide bonds. The van der Waals surface area contributed by atoms with Gasteiger partial charge in [0.2, 0.25) is 0 Å². The highest BCUT2D eigenvalue weighted by atomic mass is 15.5. The molecule has 0 atom stereocenters. The second-order valence-electron chi connectivity index (χ2n) is 14.1. The van der Waals surface area contributed by atoms with E-state index in [1.54, 1.807) is 0 Å². The van der Waals surface area contributed by atoms with Gasteiger partial charge in [-0.05, 0) is 82.0 Å². The summed E-state index contributed by atoms with van der Waals surface area (Å²) in [5.74, 6) is 0. The predicted octanol–water partition coefficient (Wildman–Crippen LogP) is 10.3. The number of hydrogen-bond acceptors (Lipinski definition) is 2. The average Bonchev–Trinajstić information content (AvgIpc) is 2.75. The smallest absolute Gasteiger partial charge is 0.0630 e. The number of anilines is 3. The van der Waals surface area contributed by atoms with E-state index in [9.17, 15) is 0 Å². The third-order valence-electron chi connectivity index (χ3n) is 6.77. The van der Waals surface area contributed by atoms with Crippen LogP contribution in [0.5, 0.6) is 0 Å². The molecule has 0 saturated heterocycles. The lowest BCUT2D eigenvalue weighted by atomic mass is 9.72. The average molecular weight is 485 g/mol. The van der Waals surface area contributed by atoms with Crippen LogP contribution in [0.15, 0.2) is 78.9 Å². The van der Waals surface area contributed by atoms with Crippen LogP contribution < -0.4 is 10.4 Å². The van der Waals surface area contributed by atoms with E-state index in [1.807, 2.05) is 0 Å². The molecule has 0 aromatic heterocycles. The molecule has 1 N–H and O–H groups in total. The summed E-state index contributed by atoms with van der Waals surface area (Å²) >= 11 is 0. The molecule has 0 saturated carbocycles. The Bertz CT molecular complexity index is 1090. The number of rotatable bonds is 8. The van der Waals surface area contributed by atoms with Crippen LogP contribution in [0.25, 0.3) is 0 Å². The normalized spacial score (nSPS) is 12.9. The van der Waals surface area contributed by atoms with E-state index in [2.05, 4.69) is 159 Å². The second kappa shape index (κ2) is 10.3. The zero-order chi connectivity index (χ0) is 26.8. The molecular weight excluding hydrogens is 436 g/mol. The maximum Gasteiger partial charge on any atom is 0.0630 e. The molecule has 2 heteroatoms. The van der Waals surface area contributed by atoms with Crippen LogP contribution in [-0.4, -0.2) is 0 Å². The van der Waals surface area contributed by atoms with Gasteiger partial charge in [-0.2, -0.15) is 0 Å². The van der Waals surface area contributed by atoms with Gasteiger partial charge in [0.05, 0.1) is 17.1 Å². The Labute approximate surface area is 221 Å². The SMILES string of the molecule is CC(C)(C)CC(C)(C)c1ccc(NN(c2ccccc2)c2ccc(C(C)(C)CC(C)(C)C)cc2)cc1. The molecule has 0 unspecified atom stereocenters. The van der Waals surface area contributed by atoms with Crippen molar-refractivity contribution in [2.45, 2.75) is 92.9 Å². The van der Waals surface area contributed by atoms with Crippen LogP contribution in [0.3, 0.4) is 0 Å². The van der Waals surface area contributed by atoms with E-state index in [-0.39, 0.29) is 21.7 Å². The summed E-state index contributed by atoms with van der Waals surface area (Å²) < 4.78 is 0. The Morgan fingerprint density at radius 3 is 1.31 bits per heavy atom. The molecule has 3 aromatic carbocycles. The van der Waals surface area contributed by atoms with Gasteiger partial charge in [-0.3, -0.25) is 10.4 Å². The largest absolute Gasteiger partial charge is 0.294 e. The molecular formula is C34H48N2. The first-order valence-electron chi connectivity index (χ1n) is 13.4. The fourth-order valence-electron chi connectivity index (χ4n) is 5.90. The van der Waals surface area contributed by atoms with Gasteiger partial charge in [-0.15, -0.1) is 0 Å². The van der Waals surface area contributed by atoms with Crippen molar-refractivity contribution in [3.63, 3.8) is 0 Å². The van der Waals surface area contributed by atoms with Crippen molar-refractivity contribution in [3.8, 4) is 0 Å².